The molecular formula is C17H19N5O. The lowest BCUT2D eigenvalue weighted by molar-refractivity contribution is 0.414. The van der Waals surface area contributed by atoms with Gasteiger partial charge in [-0.1, -0.05) is 12.1 Å². The maximum absolute atomic E-state index is 5.23. The zero-order valence-electron chi connectivity index (χ0n) is 13.4. The number of nitrogens with one attached hydrogen (secondary N) is 1. The first-order valence-corrected chi connectivity index (χ1v) is 7.38. The first kappa shape index (κ1) is 15.0. The number of nitrogens with zero attached hydrogens (tertiary/aromatic N) is 4. The first-order chi connectivity index (χ1) is 11.2. The monoisotopic (exact) mass is 309 g/mol. The minimum absolute atomic E-state index is 0.645. The minimum atomic E-state index is 0.645. The second-order valence-corrected chi connectivity index (χ2v) is 5.31. The summed E-state index contributed by atoms with van der Waals surface area (Å²) in [5, 5.41) is 7.71. The summed E-state index contributed by atoms with van der Waals surface area (Å²) in [7, 11) is 1.66. The van der Waals surface area contributed by atoms with Gasteiger partial charge in [-0.3, -0.25) is 4.98 Å². The fourth-order valence-corrected chi connectivity index (χ4v) is 2.38. The van der Waals surface area contributed by atoms with Gasteiger partial charge in [0.15, 0.2) is 5.82 Å². The lowest BCUT2D eigenvalue weighted by Crippen LogP contribution is -2.07. The van der Waals surface area contributed by atoms with Crippen LogP contribution in [0, 0.1) is 13.8 Å². The number of anilines is 1. The molecular weight excluding hydrogens is 290 g/mol. The van der Waals surface area contributed by atoms with Crippen LogP contribution in [-0.2, 0) is 6.54 Å². The van der Waals surface area contributed by atoms with Crippen LogP contribution in [0.25, 0.3) is 5.82 Å². The van der Waals surface area contributed by atoms with Crippen molar-refractivity contribution >= 4 is 5.82 Å². The largest absolute Gasteiger partial charge is 0.497 e. The van der Waals surface area contributed by atoms with Gasteiger partial charge in [0, 0.05) is 12.2 Å². The van der Waals surface area contributed by atoms with Crippen LogP contribution in [0.4, 0.5) is 5.82 Å². The second kappa shape index (κ2) is 6.48. The summed E-state index contributed by atoms with van der Waals surface area (Å²) < 4.78 is 7.02. The third-order valence-electron chi connectivity index (χ3n) is 3.46. The van der Waals surface area contributed by atoms with E-state index in [2.05, 4.69) is 20.4 Å². The standard InChI is InChI=1S/C17H19N5O/c1-12-7-13(2)22(21-12)17-11-18-10-16(20-17)19-9-14-5-4-6-15(8-14)23-3/h4-8,10-11H,9H2,1-3H3,(H,19,20). The predicted octanol–water partition coefficient (Wildman–Crippen LogP) is 2.90. The molecule has 0 unspecified atom stereocenters. The molecule has 3 aromatic rings. The number of aromatic nitrogens is 4. The molecule has 0 saturated carbocycles. The number of ether oxygens (including phenoxy) is 1. The van der Waals surface area contributed by atoms with E-state index in [1.54, 1.807) is 24.2 Å². The SMILES string of the molecule is COc1cccc(CNc2cncc(-n3nc(C)cc3C)n2)c1. The summed E-state index contributed by atoms with van der Waals surface area (Å²) in [6.45, 7) is 4.60. The van der Waals surface area contributed by atoms with Crippen molar-refractivity contribution in [3.63, 3.8) is 0 Å². The second-order valence-electron chi connectivity index (χ2n) is 5.31. The van der Waals surface area contributed by atoms with Crippen LogP contribution >= 0.6 is 0 Å². The molecule has 1 aromatic carbocycles. The molecule has 2 aromatic heterocycles. The van der Waals surface area contributed by atoms with Crippen molar-refractivity contribution in [1.82, 2.24) is 19.7 Å². The Labute approximate surface area is 135 Å². The molecule has 0 spiro atoms. The topological polar surface area (TPSA) is 64.9 Å². The summed E-state index contributed by atoms with van der Waals surface area (Å²) >= 11 is 0. The quantitative estimate of drug-likeness (QED) is 0.785. The van der Waals surface area contributed by atoms with Crippen molar-refractivity contribution in [2.45, 2.75) is 20.4 Å². The van der Waals surface area contributed by atoms with Gasteiger partial charge in [0.05, 0.1) is 25.2 Å². The van der Waals surface area contributed by atoms with Crippen LogP contribution in [0.5, 0.6) is 5.75 Å². The molecule has 3 rings (SSSR count). The summed E-state index contributed by atoms with van der Waals surface area (Å²) in [4.78, 5) is 8.82. The highest BCUT2D eigenvalue weighted by atomic mass is 16.5. The number of benzene rings is 1. The number of methoxy groups -OCH3 is 1. The first-order valence-electron chi connectivity index (χ1n) is 7.38. The van der Waals surface area contributed by atoms with E-state index in [0.717, 1.165) is 22.7 Å². The Morgan fingerprint density at radius 1 is 1.17 bits per heavy atom. The average molecular weight is 309 g/mol. The van der Waals surface area contributed by atoms with Crippen molar-refractivity contribution < 1.29 is 4.74 Å². The van der Waals surface area contributed by atoms with Gasteiger partial charge in [0.2, 0.25) is 0 Å². The van der Waals surface area contributed by atoms with Gasteiger partial charge in [-0.25, -0.2) is 9.67 Å². The molecule has 0 saturated heterocycles. The molecule has 0 amide bonds. The van der Waals surface area contributed by atoms with E-state index >= 15 is 0 Å². The van der Waals surface area contributed by atoms with E-state index in [0.29, 0.717) is 18.2 Å². The number of aryl methyl sites for hydroxylation is 2. The Hall–Kier alpha value is -2.89. The van der Waals surface area contributed by atoms with E-state index < -0.39 is 0 Å². The van der Waals surface area contributed by atoms with Crippen molar-refractivity contribution in [3.05, 3.63) is 59.7 Å². The van der Waals surface area contributed by atoms with E-state index in [1.165, 1.54) is 0 Å². The molecule has 0 atom stereocenters. The third-order valence-corrected chi connectivity index (χ3v) is 3.46. The Morgan fingerprint density at radius 3 is 2.78 bits per heavy atom. The zero-order chi connectivity index (χ0) is 16.2. The molecule has 0 aliphatic heterocycles. The zero-order valence-corrected chi connectivity index (χ0v) is 13.4. The van der Waals surface area contributed by atoms with Crippen molar-refractivity contribution in [3.8, 4) is 11.6 Å². The maximum Gasteiger partial charge on any atom is 0.174 e. The summed E-state index contributed by atoms with van der Waals surface area (Å²) in [6.07, 6.45) is 3.41. The molecule has 0 aliphatic carbocycles. The lowest BCUT2D eigenvalue weighted by Gasteiger charge is -2.09. The van der Waals surface area contributed by atoms with Gasteiger partial charge >= 0.3 is 0 Å². The maximum atomic E-state index is 5.23. The molecule has 0 aliphatic rings. The van der Waals surface area contributed by atoms with Crippen LogP contribution in [-0.4, -0.2) is 26.9 Å². The van der Waals surface area contributed by atoms with Gasteiger partial charge in [-0.2, -0.15) is 5.10 Å². The highest BCUT2D eigenvalue weighted by molar-refractivity contribution is 5.38. The number of hydrogen-bond donors (Lipinski definition) is 1. The third kappa shape index (κ3) is 3.48. The van der Waals surface area contributed by atoms with Gasteiger partial charge in [0.1, 0.15) is 11.6 Å². The van der Waals surface area contributed by atoms with Gasteiger partial charge < -0.3 is 10.1 Å². The molecule has 0 fully saturated rings. The number of rotatable bonds is 5. The highest BCUT2D eigenvalue weighted by Crippen LogP contribution is 2.15. The molecule has 1 N–H and O–H groups in total. The normalized spacial score (nSPS) is 10.6. The molecule has 6 nitrogen and oxygen atoms in total. The van der Waals surface area contributed by atoms with Crippen molar-refractivity contribution in [1.29, 1.82) is 0 Å². The van der Waals surface area contributed by atoms with Crippen LogP contribution in [0.2, 0.25) is 0 Å². The van der Waals surface area contributed by atoms with E-state index in [-0.39, 0.29) is 0 Å². The molecule has 118 valence electrons. The Bertz CT molecular complexity index is 812. The fraction of sp³-hybridized carbons (Fsp3) is 0.235. The smallest absolute Gasteiger partial charge is 0.174 e. The highest BCUT2D eigenvalue weighted by Gasteiger charge is 2.06. The Balaban J connectivity index is 1.76. The molecule has 6 heteroatoms. The van der Waals surface area contributed by atoms with Gasteiger partial charge in [-0.05, 0) is 37.6 Å². The van der Waals surface area contributed by atoms with Crippen LogP contribution in [0.1, 0.15) is 17.0 Å². The number of hydrogen-bond acceptors (Lipinski definition) is 5. The van der Waals surface area contributed by atoms with Crippen molar-refractivity contribution in [2.75, 3.05) is 12.4 Å². The molecule has 2 heterocycles. The van der Waals surface area contributed by atoms with Gasteiger partial charge in [0.25, 0.3) is 0 Å². The van der Waals surface area contributed by atoms with Crippen LogP contribution in [0.15, 0.2) is 42.7 Å². The van der Waals surface area contributed by atoms with E-state index in [4.69, 9.17) is 4.74 Å². The summed E-state index contributed by atoms with van der Waals surface area (Å²) in [5.74, 6) is 2.25. The van der Waals surface area contributed by atoms with Crippen LogP contribution in [0.3, 0.4) is 0 Å². The predicted molar refractivity (Wildman–Crippen MR) is 88.9 cm³/mol. The van der Waals surface area contributed by atoms with E-state index in [1.807, 2.05) is 44.2 Å². The molecule has 0 bridgehead atoms. The van der Waals surface area contributed by atoms with E-state index in [9.17, 15) is 0 Å². The van der Waals surface area contributed by atoms with Crippen LogP contribution < -0.4 is 10.1 Å². The minimum Gasteiger partial charge on any atom is -0.497 e. The summed E-state index contributed by atoms with van der Waals surface area (Å²) in [5.41, 5.74) is 3.10. The summed E-state index contributed by atoms with van der Waals surface area (Å²) in [6, 6.07) is 9.93. The molecule has 0 radical (unpaired) electrons. The molecule has 23 heavy (non-hydrogen) atoms. The fourth-order valence-electron chi connectivity index (χ4n) is 2.38. The van der Waals surface area contributed by atoms with Gasteiger partial charge in [-0.15, -0.1) is 0 Å². The lowest BCUT2D eigenvalue weighted by atomic mass is 10.2. The Kier molecular flexibility index (Phi) is 4.23. The Morgan fingerprint density at radius 2 is 2.04 bits per heavy atom. The average Bonchev–Trinajstić information content (AvgIpc) is 2.92. The van der Waals surface area contributed by atoms with Crippen molar-refractivity contribution in [2.24, 2.45) is 0 Å².